The van der Waals surface area contributed by atoms with E-state index in [1.165, 1.54) is 34.1 Å². The first-order valence-electron chi connectivity index (χ1n) is 9.52. The predicted octanol–water partition coefficient (Wildman–Crippen LogP) is 4.35. The van der Waals surface area contributed by atoms with Crippen LogP contribution in [0.4, 0.5) is 0 Å². The molecule has 1 heterocycles. The summed E-state index contributed by atoms with van der Waals surface area (Å²) >= 11 is 7.98. The van der Waals surface area contributed by atoms with Crippen molar-refractivity contribution in [3.05, 3.63) is 60.7 Å². The Bertz CT molecular complexity index is 724. The normalized spacial score (nSPS) is 28.3. The van der Waals surface area contributed by atoms with Gasteiger partial charge in [0.1, 0.15) is 0 Å². The SMILES string of the molecule is [Se]=[P@]1(c2ccccc2)OCCCC[Se][P@@](=[Se])(c2ccccc2)OCCCC[Se]1. The molecule has 1 aliphatic heterocycles. The van der Waals surface area contributed by atoms with Crippen LogP contribution in [0.3, 0.4) is 0 Å². The summed E-state index contributed by atoms with van der Waals surface area (Å²) in [6, 6.07) is 21.7. The first kappa shape index (κ1) is 24.0. The quantitative estimate of drug-likeness (QED) is 0.349. The van der Waals surface area contributed by atoms with Gasteiger partial charge in [-0.05, 0) is 0 Å². The van der Waals surface area contributed by atoms with Crippen LogP contribution in [0.1, 0.15) is 25.7 Å². The van der Waals surface area contributed by atoms with Gasteiger partial charge >= 0.3 is 198 Å². The van der Waals surface area contributed by atoms with E-state index in [0.29, 0.717) is 29.0 Å². The molecule has 0 unspecified atom stereocenters. The van der Waals surface area contributed by atoms with Gasteiger partial charge in [-0.2, -0.15) is 0 Å². The zero-order valence-corrected chi connectivity index (χ0v) is 24.4. The van der Waals surface area contributed by atoms with Crippen LogP contribution in [-0.4, -0.2) is 72.4 Å². The minimum absolute atomic E-state index is 0.479. The van der Waals surface area contributed by atoms with Gasteiger partial charge in [0, 0.05) is 0 Å². The summed E-state index contributed by atoms with van der Waals surface area (Å²) in [5, 5.41) is 5.28. The molecular formula is C20H26O2P2Se4. The van der Waals surface area contributed by atoms with Crippen LogP contribution in [-0.2, 0) is 9.05 Å². The number of benzene rings is 2. The summed E-state index contributed by atoms with van der Waals surface area (Å²) in [7, 11) is 0. The molecule has 28 heavy (non-hydrogen) atoms. The summed E-state index contributed by atoms with van der Waals surface area (Å²) in [5.41, 5.74) is 0. The van der Waals surface area contributed by atoms with Crippen molar-refractivity contribution in [1.29, 1.82) is 0 Å². The van der Waals surface area contributed by atoms with Gasteiger partial charge < -0.3 is 0 Å². The van der Waals surface area contributed by atoms with Crippen molar-refractivity contribution in [2.24, 2.45) is 0 Å². The third-order valence-electron chi connectivity index (χ3n) is 4.27. The van der Waals surface area contributed by atoms with E-state index in [9.17, 15) is 0 Å². The van der Waals surface area contributed by atoms with Gasteiger partial charge in [-0.15, -0.1) is 0 Å². The Morgan fingerprint density at radius 1 is 0.607 bits per heavy atom. The Morgan fingerprint density at radius 3 is 1.39 bits per heavy atom. The fourth-order valence-corrected chi connectivity index (χ4v) is 24.2. The van der Waals surface area contributed by atoms with E-state index in [1.807, 2.05) is 0 Å². The molecule has 0 aromatic heterocycles. The van der Waals surface area contributed by atoms with Crippen LogP contribution in [0.15, 0.2) is 60.7 Å². The van der Waals surface area contributed by atoms with Gasteiger partial charge in [0.05, 0.1) is 0 Å². The van der Waals surface area contributed by atoms with Crippen LogP contribution < -0.4 is 10.6 Å². The molecule has 1 saturated heterocycles. The molecule has 0 aliphatic carbocycles. The molecule has 2 aromatic carbocycles. The van der Waals surface area contributed by atoms with E-state index in [4.69, 9.17) is 9.05 Å². The summed E-state index contributed by atoms with van der Waals surface area (Å²) in [5.74, 6) is 0. The van der Waals surface area contributed by atoms with Crippen molar-refractivity contribution >= 4 is 78.7 Å². The number of rotatable bonds is 2. The van der Waals surface area contributed by atoms with Crippen LogP contribution in [0.25, 0.3) is 0 Å². The van der Waals surface area contributed by atoms with Crippen molar-refractivity contribution in [2.75, 3.05) is 13.2 Å². The fourth-order valence-electron chi connectivity index (χ4n) is 2.74. The molecule has 0 amide bonds. The molecular weight excluding hydrogens is 650 g/mol. The Balaban J connectivity index is 1.65. The van der Waals surface area contributed by atoms with Crippen LogP contribution >= 0.6 is 8.85 Å². The molecule has 2 nitrogen and oxygen atoms in total. The maximum atomic E-state index is 6.56. The second-order valence-electron chi connectivity index (χ2n) is 6.41. The number of hydrogen-bond donors (Lipinski definition) is 0. The molecule has 0 spiro atoms. The molecule has 1 fully saturated rings. The maximum absolute atomic E-state index is 6.56. The van der Waals surface area contributed by atoms with E-state index in [1.54, 1.807) is 0 Å². The molecule has 1 aliphatic rings. The second kappa shape index (κ2) is 12.4. The first-order chi connectivity index (χ1) is 13.6. The summed E-state index contributed by atoms with van der Waals surface area (Å²) in [6.45, 7) is 1.75. The van der Waals surface area contributed by atoms with E-state index in [-0.39, 0.29) is 0 Å². The van der Waals surface area contributed by atoms with Crippen LogP contribution in [0, 0.1) is 0 Å². The topological polar surface area (TPSA) is 18.5 Å². The summed E-state index contributed by atoms with van der Waals surface area (Å²) < 4.78 is 9.99. The average Bonchev–Trinajstić information content (AvgIpc) is 2.74. The Kier molecular flexibility index (Phi) is 10.6. The van der Waals surface area contributed by atoms with Gasteiger partial charge in [0.25, 0.3) is 0 Å². The van der Waals surface area contributed by atoms with Crippen molar-refractivity contribution in [2.45, 2.75) is 36.3 Å². The van der Waals surface area contributed by atoms with E-state index < -0.39 is 8.85 Å². The van der Waals surface area contributed by atoms with Crippen LogP contribution in [0.5, 0.6) is 0 Å². The molecule has 152 valence electrons. The summed E-state index contributed by atoms with van der Waals surface area (Å²) in [6.07, 6.45) is 4.73. The van der Waals surface area contributed by atoms with E-state index >= 15 is 0 Å². The molecule has 0 N–H and O–H groups in total. The Hall–Kier alpha value is 1.30. The molecule has 0 bridgehead atoms. The molecule has 8 heteroatoms. The van der Waals surface area contributed by atoms with Gasteiger partial charge in [-0.3, -0.25) is 0 Å². The Labute approximate surface area is 196 Å². The fraction of sp³-hybridized carbons (Fsp3) is 0.400. The third kappa shape index (κ3) is 7.17. The predicted molar refractivity (Wildman–Crippen MR) is 129 cm³/mol. The third-order valence-corrected chi connectivity index (χ3v) is 30.9. The molecule has 2 atom stereocenters. The standard InChI is InChI=1S/C20H26O2P2Se4/c25-23(19-11-3-1-4-12-19)21-15-7-10-18-28-24(26,20-13-5-2-6-14-20)22-16-8-9-17-27-23/h1-6,11-14H,7-10,15-18H2/t23-,24-/m0/s1. The van der Waals surface area contributed by atoms with E-state index in [2.05, 4.69) is 90.9 Å². The van der Waals surface area contributed by atoms with Crippen LogP contribution in [0.2, 0.25) is 10.6 Å². The molecule has 0 radical (unpaired) electrons. The first-order valence-corrected chi connectivity index (χ1v) is 24.2. The Morgan fingerprint density at radius 2 is 1.00 bits per heavy atom. The van der Waals surface area contributed by atoms with Crippen molar-refractivity contribution in [3.63, 3.8) is 0 Å². The van der Waals surface area contributed by atoms with Crippen molar-refractivity contribution in [1.82, 2.24) is 0 Å². The molecule has 3 rings (SSSR count). The van der Waals surface area contributed by atoms with Gasteiger partial charge in [0.15, 0.2) is 0 Å². The zero-order valence-electron chi connectivity index (χ0n) is 15.8. The van der Waals surface area contributed by atoms with E-state index in [0.717, 1.165) is 26.1 Å². The second-order valence-corrected chi connectivity index (χ2v) is 35.4. The zero-order chi connectivity index (χ0) is 19.7. The van der Waals surface area contributed by atoms with Gasteiger partial charge in [0.2, 0.25) is 0 Å². The average molecular weight is 676 g/mol. The summed E-state index contributed by atoms with van der Waals surface area (Å²) in [4.78, 5) is 0. The van der Waals surface area contributed by atoms with Gasteiger partial charge in [-0.25, -0.2) is 0 Å². The van der Waals surface area contributed by atoms with Gasteiger partial charge in [-0.1, -0.05) is 0 Å². The number of hydrogen-bond acceptors (Lipinski definition) is 2. The molecule has 0 saturated carbocycles. The molecule has 2 aromatic rings. The minimum atomic E-state index is -1.56. The van der Waals surface area contributed by atoms with Crippen molar-refractivity contribution in [3.8, 4) is 0 Å². The monoisotopic (exact) mass is 680 g/mol. The van der Waals surface area contributed by atoms with Crippen molar-refractivity contribution < 1.29 is 9.05 Å².